The molecule has 1 aromatic heterocycles. The normalized spacial score (nSPS) is 19.7. The summed E-state index contributed by atoms with van der Waals surface area (Å²) in [6.07, 6.45) is 5.62. The summed E-state index contributed by atoms with van der Waals surface area (Å²) < 4.78 is 10.2. The summed E-state index contributed by atoms with van der Waals surface area (Å²) in [4.78, 5) is 35.7. The molecule has 0 N–H and O–H groups in total. The van der Waals surface area contributed by atoms with Crippen LogP contribution in [0.5, 0.6) is 0 Å². The number of hydrogen-bond acceptors (Lipinski definition) is 8. The molecule has 1 fully saturated rings. The molecular formula is C21H25N3O4S. The molecule has 0 aliphatic carbocycles. The van der Waals surface area contributed by atoms with Crippen molar-refractivity contribution in [3.05, 3.63) is 42.7 Å². The van der Waals surface area contributed by atoms with Gasteiger partial charge in [0.1, 0.15) is 18.0 Å². The molecule has 1 saturated heterocycles. The average Bonchev–Trinajstić information content (AvgIpc) is 2.76. The molecule has 2 aromatic rings. The van der Waals surface area contributed by atoms with Crippen LogP contribution in [0.1, 0.15) is 12.0 Å². The number of rotatable bonds is 7. The van der Waals surface area contributed by atoms with Gasteiger partial charge in [0.05, 0.1) is 24.5 Å². The zero-order chi connectivity index (χ0) is 20.8. The minimum absolute atomic E-state index is 0.139. The lowest BCUT2D eigenvalue weighted by atomic mass is 9.85. The number of carbonyl (C=O) groups is 2. The number of fused-ring (bicyclic) bond motifs is 1. The number of esters is 2. The molecule has 7 nitrogen and oxygen atoms in total. The molecule has 2 heterocycles. The van der Waals surface area contributed by atoms with Crippen LogP contribution in [0.4, 0.5) is 0 Å². The second-order valence-electron chi connectivity index (χ2n) is 6.87. The fraction of sp³-hybridized carbons (Fsp3) is 0.429. The van der Waals surface area contributed by atoms with Crippen LogP contribution >= 0.6 is 11.8 Å². The lowest BCUT2D eigenvalue weighted by Crippen LogP contribution is -2.47. The van der Waals surface area contributed by atoms with E-state index in [1.165, 1.54) is 13.2 Å². The molecule has 3 rings (SSSR count). The Morgan fingerprint density at radius 3 is 2.86 bits per heavy atom. The maximum Gasteiger partial charge on any atom is 0.310 e. The van der Waals surface area contributed by atoms with E-state index in [4.69, 9.17) is 9.47 Å². The highest BCUT2D eigenvalue weighted by Gasteiger charge is 2.40. The predicted molar refractivity (Wildman–Crippen MR) is 111 cm³/mol. The molecule has 2 atom stereocenters. The Labute approximate surface area is 174 Å². The van der Waals surface area contributed by atoms with E-state index in [0.29, 0.717) is 26.1 Å². The van der Waals surface area contributed by atoms with E-state index in [1.54, 1.807) is 18.1 Å². The van der Waals surface area contributed by atoms with Gasteiger partial charge in [-0.3, -0.25) is 14.5 Å². The van der Waals surface area contributed by atoms with E-state index in [0.717, 1.165) is 21.5 Å². The third kappa shape index (κ3) is 4.76. The minimum atomic E-state index is -0.558. The molecule has 29 heavy (non-hydrogen) atoms. The monoisotopic (exact) mass is 415 g/mol. The molecule has 8 heteroatoms. The molecule has 1 aliphatic rings. The molecule has 0 saturated carbocycles. The summed E-state index contributed by atoms with van der Waals surface area (Å²) in [6.45, 7) is 5.45. The Hall–Kier alpha value is -2.45. The zero-order valence-corrected chi connectivity index (χ0v) is 17.5. The molecular weight excluding hydrogens is 390 g/mol. The number of benzene rings is 1. The Morgan fingerprint density at radius 2 is 2.14 bits per heavy atom. The summed E-state index contributed by atoms with van der Waals surface area (Å²) in [5.74, 6) is -1.82. The number of methoxy groups -OCH3 is 1. The van der Waals surface area contributed by atoms with Gasteiger partial charge in [0.25, 0.3) is 0 Å². The second-order valence-corrected chi connectivity index (χ2v) is 7.67. The number of aromatic nitrogens is 2. The summed E-state index contributed by atoms with van der Waals surface area (Å²) in [6, 6.07) is 6.01. The Kier molecular flexibility index (Phi) is 7.22. The summed E-state index contributed by atoms with van der Waals surface area (Å²) in [5, 5.41) is 1.96. The van der Waals surface area contributed by atoms with Crippen LogP contribution in [0.25, 0.3) is 10.9 Å². The lowest BCUT2D eigenvalue weighted by Gasteiger charge is -2.36. The molecule has 0 bridgehead atoms. The number of hydrogen-bond donors (Lipinski definition) is 0. The zero-order valence-electron chi connectivity index (χ0n) is 16.7. The van der Waals surface area contributed by atoms with E-state index >= 15 is 0 Å². The van der Waals surface area contributed by atoms with E-state index < -0.39 is 11.8 Å². The minimum Gasteiger partial charge on any atom is -0.469 e. The van der Waals surface area contributed by atoms with Gasteiger partial charge in [-0.25, -0.2) is 9.97 Å². The van der Waals surface area contributed by atoms with Crippen LogP contribution < -0.4 is 0 Å². The summed E-state index contributed by atoms with van der Waals surface area (Å²) in [7, 11) is 1.35. The van der Waals surface area contributed by atoms with Gasteiger partial charge in [-0.1, -0.05) is 24.8 Å². The topological polar surface area (TPSA) is 81.6 Å². The van der Waals surface area contributed by atoms with Crippen molar-refractivity contribution in [2.24, 2.45) is 11.8 Å². The number of ether oxygens (including phenoxy) is 2. The molecule has 154 valence electrons. The third-order valence-corrected chi connectivity index (χ3v) is 5.85. The van der Waals surface area contributed by atoms with Gasteiger partial charge in [0.2, 0.25) is 0 Å². The van der Waals surface area contributed by atoms with Gasteiger partial charge < -0.3 is 9.47 Å². The molecule has 1 aliphatic heterocycles. The fourth-order valence-electron chi connectivity index (χ4n) is 3.76. The van der Waals surface area contributed by atoms with Crippen molar-refractivity contribution in [1.29, 1.82) is 0 Å². The quantitative estimate of drug-likeness (QED) is 0.295. The van der Waals surface area contributed by atoms with Gasteiger partial charge >= 0.3 is 11.9 Å². The molecule has 1 aromatic carbocycles. The Morgan fingerprint density at radius 1 is 1.31 bits per heavy atom. The highest BCUT2D eigenvalue weighted by atomic mass is 32.2. The maximum absolute atomic E-state index is 12.4. The molecule has 0 radical (unpaired) electrons. The van der Waals surface area contributed by atoms with Gasteiger partial charge in [0, 0.05) is 18.5 Å². The highest BCUT2D eigenvalue weighted by Crippen LogP contribution is 2.30. The molecule has 0 spiro atoms. The van der Waals surface area contributed by atoms with Crippen LogP contribution in [0, 0.1) is 11.8 Å². The van der Waals surface area contributed by atoms with Gasteiger partial charge in [-0.05, 0) is 30.9 Å². The molecule has 2 unspecified atom stereocenters. The van der Waals surface area contributed by atoms with Crippen molar-refractivity contribution in [1.82, 2.24) is 14.9 Å². The van der Waals surface area contributed by atoms with Crippen LogP contribution in [0.15, 0.2) is 42.2 Å². The van der Waals surface area contributed by atoms with Gasteiger partial charge in [-0.2, -0.15) is 0 Å². The van der Waals surface area contributed by atoms with E-state index in [-0.39, 0.29) is 18.5 Å². The number of likely N-dealkylation sites (tertiary alicyclic amines) is 1. The smallest absolute Gasteiger partial charge is 0.310 e. The Balaban J connectivity index is 1.81. The maximum atomic E-state index is 12.4. The first-order valence-electron chi connectivity index (χ1n) is 9.43. The molecule has 0 amide bonds. The van der Waals surface area contributed by atoms with Gasteiger partial charge in [0.15, 0.2) is 0 Å². The first-order chi connectivity index (χ1) is 14.1. The van der Waals surface area contributed by atoms with E-state index in [9.17, 15) is 9.59 Å². The largest absolute Gasteiger partial charge is 0.469 e. The number of piperidine rings is 1. The van der Waals surface area contributed by atoms with Gasteiger partial charge in [-0.15, -0.1) is 11.8 Å². The van der Waals surface area contributed by atoms with Crippen molar-refractivity contribution in [3.63, 3.8) is 0 Å². The van der Waals surface area contributed by atoms with Crippen molar-refractivity contribution in [2.75, 3.05) is 33.1 Å². The van der Waals surface area contributed by atoms with Crippen LogP contribution in [0.2, 0.25) is 0 Å². The number of thioether (sulfide) groups is 1. The predicted octanol–water partition coefficient (Wildman–Crippen LogP) is 2.69. The highest BCUT2D eigenvalue weighted by molar-refractivity contribution is 7.98. The van der Waals surface area contributed by atoms with Crippen molar-refractivity contribution < 1.29 is 19.1 Å². The standard InChI is InChI=1S/C21H25N3O4S/c1-4-10-28-21(26)15-8-9-24(12-16(15)20(25)27-2)11-14-6-5-7-17-18(14)19(29-3)23-13-22-17/h4-7,13,15-16H,1,8-12H2,2-3H3. The van der Waals surface area contributed by atoms with Crippen molar-refractivity contribution >= 4 is 34.6 Å². The summed E-state index contributed by atoms with van der Waals surface area (Å²) >= 11 is 1.58. The Bertz CT molecular complexity index is 899. The SMILES string of the molecule is C=CCOC(=O)C1CCN(Cc2cccc3ncnc(SC)c23)CC1C(=O)OC. The number of nitrogens with zero attached hydrogens (tertiary/aromatic N) is 3. The average molecular weight is 416 g/mol. The van der Waals surface area contributed by atoms with E-state index in [1.807, 2.05) is 18.4 Å². The first kappa shape index (κ1) is 21.3. The van der Waals surface area contributed by atoms with Crippen LogP contribution in [-0.2, 0) is 25.6 Å². The second kappa shape index (κ2) is 9.84. The third-order valence-electron chi connectivity index (χ3n) is 5.15. The van der Waals surface area contributed by atoms with Crippen LogP contribution in [-0.4, -0.2) is 59.9 Å². The summed E-state index contributed by atoms with van der Waals surface area (Å²) in [5.41, 5.74) is 2.00. The van der Waals surface area contributed by atoms with Crippen molar-refractivity contribution in [2.45, 2.75) is 18.0 Å². The lowest BCUT2D eigenvalue weighted by molar-refractivity contribution is -0.162. The first-order valence-corrected chi connectivity index (χ1v) is 10.7. The fourth-order valence-corrected chi connectivity index (χ4v) is 4.35. The van der Waals surface area contributed by atoms with E-state index in [2.05, 4.69) is 27.5 Å². The van der Waals surface area contributed by atoms with Crippen molar-refractivity contribution in [3.8, 4) is 0 Å². The number of carbonyl (C=O) groups excluding carboxylic acids is 2. The van der Waals surface area contributed by atoms with Crippen LogP contribution in [0.3, 0.4) is 0 Å².